The first-order chi connectivity index (χ1) is 7.95. The number of nitrogens with zero attached hydrogens (tertiary/aromatic N) is 1. The molecule has 5 nitrogen and oxygen atoms in total. The number of aromatic nitrogens is 1. The molecule has 2 atom stereocenters. The van der Waals surface area contributed by atoms with Gasteiger partial charge in [-0.15, -0.1) is 11.3 Å². The second-order valence-electron chi connectivity index (χ2n) is 3.99. The van der Waals surface area contributed by atoms with Crippen molar-refractivity contribution < 1.29 is 9.59 Å². The lowest BCUT2D eigenvalue weighted by Gasteiger charge is -2.16. The summed E-state index contributed by atoms with van der Waals surface area (Å²) < 4.78 is 0. The molecule has 0 saturated heterocycles. The molecule has 1 heterocycles. The zero-order chi connectivity index (χ0) is 13.0. The third kappa shape index (κ3) is 3.61. The number of carbonyl (C=O) groups excluding carboxylic acids is 2. The normalized spacial score (nSPS) is 14.1. The standard InChI is InChI=1S/C11H17N3O2S/c1-4-6(2)9(12)10(16)14-11-13-8(5-17-11)7(3)15/h5-6,9H,4,12H2,1-3H3,(H,13,14,16)/t6-,9-/m0/s1. The molecular weight excluding hydrogens is 238 g/mol. The molecule has 17 heavy (non-hydrogen) atoms. The Hall–Kier alpha value is -1.27. The van der Waals surface area contributed by atoms with E-state index in [0.717, 1.165) is 6.42 Å². The number of carbonyl (C=O) groups is 2. The van der Waals surface area contributed by atoms with E-state index >= 15 is 0 Å². The Balaban J connectivity index is 2.64. The summed E-state index contributed by atoms with van der Waals surface area (Å²) in [5, 5.41) is 4.66. The smallest absolute Gasteiger partial charge is 0.243 e. The average molecular weight is 255 g/mol. The van der Waals surface area contributed by atoms with Crippen molar-refractivity contribution in [1.82, 2.24) is 4.98 Å². The Morgan fingerprint density at radius 1 is 1.59 bits per heavy atom. The zero-order valence-electron chi connectivity index (χ0n) is 10.2. The van der Waals surface area contributed by atoms with Gasteiger partial charge < -0.3 is 11.1 Å². The molecule has 3 N–H and O–H groups in total. The molecule has 6 heteroatoms. The van der Waals surface area contributed by atoms with Crippen molar-refractivity contribution in [2.24, 2.45) is 11.7 Å². The molecule has 94 valence electrons. The van der Waals surface area contributed by atoms with E-state index in [4.69, 9.17) is 5.73 Å². The molecule has 1 rings (SSSR count). The molecule has 0 aromatic carbocycles. The van der Waals surface area contributed by atoms with Gasteiger partial charge in [-0.1, -0.05) is 20.3 Å². The van der Waals surface area contributed by atoms with Crippen molar-refractivity contribution in [2.45, 2.75) is 33.2 Å². The highest BCUT2D eigenvalue weighted by Crippen LogP contribution is 2.16. The average Bonchev–Trinajstić information content (AvgIpc) is 2.75. The maximum absolute atomic E-state index is 11.7. The highest BCUT2D eigenvalue weighted by atomic mass is 32.1. The fourth-order valence-electron chi connectivity index (χ4n) is 1.19. The Morgan fingerprint density at radius 3 is 2.71 bits per heavy atom. The largest absolute Gasteiger partial charge is 0.320 e. The van der Waals surface area contributed by atoms with Gasteiger partial charge in [-0.25, -0.2) is 4.98 Å². The number of rotatable bonds is 5. The SMILES string of the molecule is CC[C@H](C)[C@H](N)C(=O)Nc1nc(C(C)=O)cs1. The summed E-state index contributed by atoms with van der Waals surface area (Å²) in [7, 11) is 0. The quantitative estimate of drug-likeness (QED) is 0.783. The first-order valence-electron chi connectivity index (χ1n) is 5.48. The van der Waals surface area contributed by atoms with Gasteiger partial charge in [0.2, 0.25) is 5.91 Å². The second-order valence-corrected chi connectivity index (χ2v) is 4.85. The van der Waals surface area contributed by atoms with Gasteiger partial charge in [0, 0.05) is 12.3 Å². The van der Waals surface area contributed by atoms with E-state index in [-0.39, 0.29) is 17.6 Å². The van der Waals surface area contributed by atoms with Gasteiger partial charge >= 0.3 is 0 Å². The molecule has 0 saturated carbocycles. The molecule has 0 fully saturated rings. The minimum atomic E-state index is -0.551. The van der Waals surface area contributed by atoms with Crippen molar-refractivity contribution in [3.8, 4) is 0 Å². The van der Waals surface area contributed by atoms with Crippen molar-refractivity contribution in [1.29, 1.82) is 0 Å². The van der Waals surface area contributed by atoms with Crippen LogP contribution in [-0.2, 0) is 4.79 Å². The van der Waals surface area contributed by atoms with E-state index in [1.165, 1.54) is 18.3 Å². The highest BCUT2D eigenvalue weighted by Gasteiger charge is 2.20. The molecule has 1 aromatic heterocycles. The van der Waals surface area contributed by atoms with Gasteiger partial charge in [0.15, 0.2) is 10.9 Å². The van der Waals surface area contributed by atoms with Gasteiger partial charge in [0.05, 0.1) is 6.04 Å². The van der Waals surface area contributed by atoms with Crippen LogP contribution < -0.4 is 11.1 Å². The maximum atomic E-state index is 11.7. The number of amides is 1. The van der Waals surface area contributed by atoms with Crippen LogP contribution in [0.5, 0.6) is 0 Å². The molecular formula is C11H17N3O2S. The summed E-state index contributed by atoms with van der Waals surface area (Å²) >= 11 is 1.22. The molecule has 1 amide bonds. The number of hydrogen-bond donors (Lipinski definition) is 2. The number of anilines is 1. The lowest BCUT2D eigenvalue weighted by molar-refractivity contribution is -0.118. The van der Waals surface area contributed by atoms with Crippen LogP contribution in [0.1, 0.15) is 37.7 Å². The summed E-state index contributed by atoms with van der Waals surface area (Å²) in [6, 6.07) is -0.551. The van der Waals surface area contributed by atoms with Gasteiger partial charge in [0.1, 0.15) is 5.69 Å². The van der Waals surface area contributed by atoms with E-state index in [0.29, 0.717) is 10.8 Å². The fourth-order valence-corrected chi connectivity index (χ4v) is 1.95. The number of ketones is 1. The van der Waals surface area contributed by atoms with Crippen molar-refractivity contribution >= 4 is 28.2 Å². The van der Waals surface area contributed by atoms with Crippen LogP contribution in [0.3, 0.4) is 0 Å². The lowest BCUT2D eigenvalue weighted by Crippen LogP contribution is -2.40. The van der Waals surface area contributed by atoms with Crippen LogP contribution in [0, 0.1) is 5.92 Å². The molecule has 0 aliphatic carbocycles. The van der Waals surface area contributed by atoms with Crippen molar-refractivity contribution in [2.75, 3.05) is 5.32 Å². The highest BCUT2D eigenvalue weighted by molar-refractivity contribution is 7.14. The fraction of sp³-hybridized carbons (Fsp3) is 0.545. The Kier molecular flexibility index (Phi) is 4.77. The molecule has 0 spiro atoms. The van der Waals surface area contributed by atoms with Gasteiger partial charge in [-0.2, -0.15) is 0 Å². The molecule has 0 unspecified atom stereocenters. The van der Waals surface area contributed by atoms with Gasteiger partial charge in [0.25, 0.3) is 0 Å². The number of hydrogen-bond acceptors (Lipinski definition) is 5. The first kappa shape index (κ1) is 13.8. The van der Waals surface area contributed by atoms with Crippen molar-refractivity contribution in [3.05, 3.63) is 11.1 Å². The van der Waals surface area contributed by atoms with Crippen LogP contribution >= 0.6 is 11.3 Å². The molecule has 0 aliphatic heterocycles. The number of thiazole rings is 1. The minimum absolute atomic E-state index is 0.113. The van der Waals surface area contributed by atoms with Crippen LogP contribution in [0.2, 0.25) is 0 Å². The van der Waals surface area contributed by atoms with E-state index in [1.807, 2.05) is 13.8 Å². The molecule has 0 bridgehead atoms. The predicted molar refractivity (Wildman–Crippen MR) is 68.2 cm³/mol. The summed E-state index contributed by atoms with van der Waals surface area (Å²) in [4.78, 5) is 26.8. The van der Waals surface area contributed by atoms with E-state index in [2.05, 4.69) is 10.3 Å². The second kappa shape index (κ2) is 5.88. The van der Waals surface area contributed by atoms with E-state index in [1.54, 1.807) is 5.38 Å². The first-order valence-corrected chi connectivity index (χ1v) is 6.36. The summed E-state index contributed by atoms with van der Waals surface area (Å²) in [5.74, 6) is -0.265. The minimum Gasteiger partial charge on any atom is -0.320 e. The van der Waals surface area contributed by atoms with Crippen LogP contribution in [0.25, 0.3) is 0 Å². The van der Waals surface area contributed by atoms with E-state index < -0.39 is 6.04 Å². The monoisotopic (exact) mass is 255 g/mol. The lowest BCUT2D eigenvalue weighted by atomic mass is 10.00. The Morgan fingerprint density at radius 2 is 2.24 bits per heavy atom. The zero-order valence-corrected chi connectivity index (χ0v) is 11.0. The van der Waals surface area contributed by atoms with Gasteiger partial charge in [-0.05, 0) is 5.92 Å². The third-order valence-electron chi connectivity index (χ3n) is 2.65. The molecule has 1 aromatic rings. The predicted octanol–water partition coefficient (Wildman–Crippen LogP) is 1.66. The summed E-state index contributed by atoms with van der Waals surface area (Å²) in [6.45, 7) is 5.34. The van der Waals surface area contributed by atoms with Crippen molar-refractivity contribution in [3.63, 3.8) is 0 Å². The summed E-state index contributed by atoms with van der Waals surface area (Å²) in [5.41, 5.74) is 6.15. The molecule has 0 radical (unpaired) electrons. The summed E-state index contributed by atoms with van der Waals surface area (Å²) in [6.07, 6.45) is 0.838. The Labute approximate surface area is 104 Å². The number of nitrogens with two attached hydrogens (primary N) is 1. The third-order valence-corrected chi connectivity index (χ3v) is 3.41. The molecule has 0 aliphatic rings. The van der Waals surface area contributed by atoms with E-state index in [9.17, 15) is 9.59 Å². The maximum Gasteiger partial charge on any atom is 0.243 e. The van der Waals surface area contributed by atoms with Gasteiger partial charge in [-0.3, -0.25) is 9.59 Å². The number of nitrogens with one attached hydrogen (secondary N) is 1. The van der Waals surface area contributed by atoms with Crippen LogP contribution in [-0.4, -0.2) is 22.7 Å². The Bertz CT molecular complexity index is 417. The topological polar surface area (TPSA) is 85.1 Å². The van der Waals surface area contributed by atoms with Crippen LogP contribution in [0.15, 0.2) is 5.38 Å². The number of Topliss-reactive ketones (excluding diaryl/α,β-unsaturated/α-hetero) is 1. The van der Waals surface area contributed by atoms with Crippen LogP contribution in [0.4, 0.5) is 5.13 Å².